The molecule has 0 atom stereocenters. The molecule has 4 aromatic heterocycles. The third-order valence-electron chi connectivity index (χ3n) is 6.67. The topological polar surface area (TPSA) is 140 Å². The lowest BCUT2D eigenvalue weighted by molar-refractivity contribution is 0.122. The number of nitrogens with two attached hydrogens (primary N) is 1. The van der Waals surface area contributed by atoms with Gasteiger partial charge < -0.3 is 20.3 Å². The highest BCUT2D eigenvalue weighted by Gasteiger charge is 2.25. The highest BCUT2D eigenvalue weighted by Crippen LogP contribution is 2.42. The molecule has 2 aliphatic heterocycles. The fraction of sp³-hybridized carbons (Fsp3) is 0.375. The summed E-state index contributed by atoms with van der Waals surface area (Å²) in [6, 6.07) is 4.00. The second kappa shape index (κ2) is 9.47. The summed E-state index contributed by atoms with van der Waals surface area (Å²) in [5.74, 6) is 2.74. The minimum atomic E-state index is -2.94. The maximum Gasteiger partial charge on any atom is 0.219 e. The third-order valence-corrected chi connectivity index (χ3v) is 9.60. The fourth-order valence-electron chi connectivity index (χ4n) is 4.57. The number of sulfone groups is 1. The van der Waals surface area contributed by atoms with Gasteiger partial charge in [0.1, 0.15) is 5.82 Å². The molecule has 2 N–H and O–H groups in total. The Hall–Kier alpha value is -3.42. The first-order valence-corrected chi connectivity index (χ1v) is 14.7. The molecule has 0 saturated carbocycles. The van der Waals surface area contributed by atoms with Crippen LogP contribution in [0, 0.1) is 6.92 Å². The Morgan fingerprint density at radius 3 is 2.30 bits per heavy atom. The largest absolute Gasteiger partial charge is 0.378 e. The van der Waals surface area contributed by atoms with Crippen LogP contribution in [0.5, 0.6) is 0 Å². The number of thiophene rings is 1. The lowest BCUT2D eigenvalue weighted by atomic mass is 10.1. The van der Waals surface area contributed by atoms with Gasteiger partial charge in [-0.25, -0.2) is 33.3 Å². The molecule has 0 bridgehead atoms. The molecule has 4 aromatic rings. The predicted octanol–water partition coefficient (Wildman–Crippen LogP) is 2.17. The molecule has 192 valence electrons. The van der Waals surface area contributed by atoms with Crippen LogP contribution in [0.15, 0.2) is 30.7 Å². The number of fused-ring (bicyclic) bond motifs is 1. The van der Waals surface area contributed by atoms with E-state index in [1.807, 2.05) is 23.2 Å². The van der Waals surface area contributed by atoms with Gasteiger partial charge in [0, 0.05) is 55.2 Å². The van der Waals surface area contributed by atoms with E-state index in [1.54, 1.807) is 23.7 Å². The van der Waals surface area contributed by atoms with Crippen LogP contribution in [-0.2, 0) is 14.6 Å². The number of nitrogen functional groups attached to an aromatic ring is 1. The summed E-state index contributed by atoms with van der Waals surface area (Å²) in [7, 11) is -2.94. The highest BCUT2D eigenvalue weighted by molar-refractivity contribution is 7.91. The van der Waals surface area contributed by atoms with Crippen LogP contribution in [0.3, 0.4) is 0 Å². The van der Waals surface area contributed by atoms with E-state index in [9.17, 15) is 8.42 Å². The van der Waals surface area contributed by atoms with Gasteiger partial charge in [0.15, 0.2) is 21.5 Å². The lowest BCUT2D eigenvalue weighted by Crippen LogP contribution is -2.40. The molecule has 6 rings (SSSR count). The van der Waals surface area contributed by atoms with Crippen LogP contribution in [0.1, 0.15) is 5.56 Å². The quantitative estimate of drug-likeness (QED) is 0.409. The zero-order valence-corrected chi connectivity index (χ0v) is 21.9. The monoisotopic (exact) mass is 538 g/mol. The van der Waals surface area contributed by atoms with Gasteiger partial charge in [-0.05, 0) is 24.6 Å². The minimum Gasteiger partial charge on any atom is -0.378 e. The number of nitrogens with zero attached hydrogens (tertiary/aromatic N) is 7. The van der Waals surface area contributed by atoms with Crippen molar-refractivity contribution < 1.29 is 13.2 Å². The van der Waals surface area contributed by atoms with Crippen LogP contribution >= 0.6 is 11.3 Å². The van der Waals surface area contributed by atoms with Gasteiger partial charge >= 0.3 is 0 Å². The number of rotatable bonds is 4. The van der Waals surface area contributed by atoms with Gasteiger partial charge in [0.25, 0.3) is 0 Å². The summed E-state index contributed by atoms with van der Waals surface area (Å²) >= 11 is 1.65. The fourth-order valence-corrected chi connectivity index (χ4v) is 7.02. The Kier molecular flexibility index (Phi) is 6.13. The number of hydrogen-bond acceptors (Lipinski definition) is 12. The van der Waals surface area contributed by atoms with Gasteiger partial charge in [-0.1, -0.05) is 0 Å². The van der Waals surface area contributed by atoms with E-state index in [1.165, 1.54) is 0 Å². The molecular weight excluding hydrogens is 512 g/mol. The average molecular weight is 539 g/mol. The molecule has 0 unspecified atom stereocenters. The van der Waals surface area contributed by atoms with Crippen molar-refractivity contribution in [1.82, 2.24) is 24.9 Å². The van der Waals surface area contributed by atoms with E-state index in [2.05, 4.69) is 26.8 Å². The molecule has 0 amide bonds. The molecule has 37 heavy (non-hydrogen) atoms. The van der Waals surface area contributed by atoms with Gasteiger partial charge in [0.2, 0.25) is 5.95 Å². The zero-order valence-electron chi connectivity index (χ0n) is 20.3. The molecule has 2 aliphatic rings. The van der Waals surface area contributed by atoms with E-state index in [4.69, 9.17) is 20.4 Å². The van der Waals surface area contributed by atoms with E-state index in [-0.39, 0.29) is 17.5 Å². The maximum atomic E-state index is 11.8. The smallest absolute Gasteiger partial charge is 0.219 e. The Balaban J connectivity index is 1.40. The molecule has 6 heterocycles. The van der Waals surface area contributed by atoms with Crippen molar-refractivity contribution in [3.05, 3.63) is 36.3 Å². The summed E-state index contributed by atoms with van der Waals surface area (Å²) in [6.07, 6.45) is 5.14. The van der Waals surface area contributed by atoms with Crippen LogP contribution in [0.2, 0.25) is 0 Å². The molecule has 13 heteroatoms. The summed E-state index contributed by atoms with van der Waals surface area (Å²) in [4.78, 5) is 28.1. The maximum absolute atomic E-state index is 11.8. The highest BCUT2D eigenvalue weighted by atomic mass is 32.2. The van der Waals surface area contributed by atoms with Crippen molar-refractivity contribution in [2.75, 3.05) is 66.4 Å². The second-order valence-corrected chi connectivity index (χ2v) is 12.4. The van der Waals surface area contributed by atoms with E-state index in [0.29, 0.717) is 37.7 Å². The summed E-state index contributed by atoms with van der Waals surface area (Å²) < 4.78 is 30.1. The van der Waals surface area contributed by atoms with Crippen molar-refractivity contribution in [2.45, 2.75) is 6.92 Å². The molecular formula is C24H26N8O3S2. The number of ether oxygens (including phenoxy) is 1. The molecule has 0 aromatic carbocycles. The van der Waals surface area contributed by atoms with Crippen molar-refractivity contribution in [3.8, 4) is 21.8 Å². The minimum absolute atomic E-state index is 0.163. The number of pyridine rings is 1. The number of hydrogen-bond donors (Lipinski definition) is 1. The van der Waals surface area contributed by atoms with Crippen LogP contribution in [-0.4, -0.2) is 84.2 Å². The van der Waals surface area contributed by atoms with E-state index < -0.39 is 9.84 Å². The SMILES string of the molecule is Cc1c(-c2ccc(N3CCS(=O)(=O)CC3)nc2)sc2c(N3CCOCC3)nc(-c3cnc(N)nc3)nc12. The van der Waals surface area contributed by atoms with Crippen molar-refractivity contribution in [3.63, 3.8) is 0 Å². The summed E-state index contributed by atoms with van der Waals surface area (Å²) in [6.45, 7) is 5.78. The summed E-state index contributed by atoms with van der Waals surface area (Å²) in [5.41, 5.74) is 9.30. The number of aryl methyl sites for hydroxylation is 1. The first kappa shape index (κ1) is 23.9. The number of aromatic nitrogens is 5. The van der Waals surface area contributed by atoms with Crippen molar-refractivity contribution in [2.24, 2.45) is 0 Å². The standard InChI is InChI=1S/C24H26N8O3S2/c1-15-19-21(36-20(15)16-2-3-18(26-12-16)31-6-10-37(33,34)11-7-31)23(32-4-8-35-9-5-32)30-22(29-19)17-13-27-24(25)28-14-17/h2-3,12-14H,4-11H2,1H3,(H2,25,27,28). The number of anilines is 3. The average Bonchev–Trinajstić information content (AvgIpc) is 3.25. The van der Waals surface area contributed by atoms with E-state index in [0.717, 1.165) is 50.9 Å². The molecule has 0 spiro atoms. The third kappa shape index (κ3) is 4.69. The Morgan fingerprint density at radius 2 is 1.62 bits per heavy atom. The Morgan fingerprint density at radius 1 is 0.919 bits per heavy atom. The summed E-state index contributed by atoms with van der Waals surface area (Å²) in [5, 5.41) is 0. The van der Waals surface area contributed by atoms with Crippen molar-refractivity contribution in [1.29, 1.82) is 0 Å². The van der Waals surface area contributed by atoms with Crippen LogP contribution in [0.4, 0.5) is 17.6 Å². The normalized spacial score (nSPS) is 17.9. The van der Waals surface area contributed by atoms with Gasteiger partial charge in [-0.2, -0.15) is 0 Å². The second-order valence-electron chi connectivity index (χ2n) is 9.08. The Labute approximate surface area is 218 Å². The van der Waals surface area contributed by atoms with Crippen LogP contribution in [0.25, 0.3) is 32.0 Å². The number of morpholine rings is 1. The Bertz CT molecular complexity index is 1540. The molecule has 0 aliphatic carbocycles. The molecule has 2 fully saturated rings. The van der Waals surface area contributed by atoms with Gasteiger partial charge in [0.05, 0.1) is 40.5 Å². The predicted molar refractivity (Wildman–Crippen MR) is 145 cm³/mol. The van der Waals surface area contributed by atoms with Gasteiger partial charge in [-0.15, -0.1) is 11.3 Å². The van der Waals surface area contributed by atoms with Crippen LogP contribution < -0.4 is 15.5 Å². The zero-order chi connectivity index (χ0) is 25.6. The first-order chi connectivity index (χ1) is 17.9. The van der Waals surface area contributed by atoms with E-state index >= 15 is 0 Å². The first-order valence-electron chi connectivity index (χ1n) is 12.0. The molecule has 2 saturated heterocycles. The van der Waals surface area contributed by atoms with Crippen molar-refractivity contribution >= 4 is 49.0 Å². The lowest BCUT2D eigenvalue weighted by Gasteiger charge is -2.28. The van der Waals surface area contributed by atoms with Gasteiger partial charge in [-0.3, -0.25) is 0 Å². The molecule has 11 nitrogen and oxygen atoms in total. The molecule has 0 radical (unpaired) electrons.